The van der Waals surface area contributed by atoms with Crippen LogP contribution in [0.4, 0.5) is 0 Å². The summed E-state index contributed by atoms with van der Waals surface area (Å²) >= 11 is 0. The van der Waals surface area contributed by atoms with E-state index in [1.807, 2.05) is 0 Å². The highest BCUT2D eigenvalue weighted by Gasteiger charge is 2.45. The quantitative estimate of drug-likeness (QED) is 0.171. The fourth-order valence-electron chi connectivity index (χ4n) is 2.20. The number of rotatable bonds is 7. The minimum atomic E-state index is -1.67. The molecule has 1 aliphatic rings. The van der Waals surface area contributed by atoms with E-state index in [9.17, 15) is 25.2 Å². The second-order valence-electron chi connectivity index (χ2n) is 5.87. The summed E-state index contributed by atoms with van der Waals surface area (Å²) in [5.74, 6) is -0.847. The van der Waals surface area contributed by atoms with Crippen molar-refractivity contribution in [1.29, 1.82) is 0 Å². The number of hydrogen-bond donors (Lipinski definition) is 6. The number of carbonyl (C=O) groups is 1. The second kappa shape index (κ2) is 9.97. The summed E-state index contributed by atoms with van der Waals surface area (Å²) in [4.78, 5) is 12.0. The fourth-order valence-corrected chi connectivity index (χ4v) is 2.20. The molecule has 9 heteroatoms. The van der Waals surface area contributed by atoms with Gasteiger partial charge in [-0.1, -0.05) is 12.2 Å². The Kier molecular flexibility index (Phi) is 8.66. The van der Waals surface area contributed by atoms with Gasteiger partial charge in [0.15, 0.2) is 0 Å². The first kappa shape index (κ1) is 21.7. The fraction of sp³-hybridized carbons (Fsp3) is 0.688. The molecule has 0 bridgehead atoms. The molecule has 1 saturated heterocycles. The zero-order chi connectivity index (χ0) is 19.1. The molecule has 0 aliphatic carbocycles. The third-order valence-corrected chi connectivity index (χ3v) is 3.98. The third kappa shape index (κ3) is 5.86. The topological polar surface area (TPSA) is 157 Å². The van der Waals surface area contributed by atoms with Gasteiger partial charge in [-0.05, 0) is 25.8 Å². The van der Waals surface area contributed by atoms with Crippen molar-refractivity contribution < 1.29 is 44.9 Å². The molecule has 9 nitrogen and oxygen atoms in total. The lowest BCUT2D eigenvalue weighted by atomic mass is 9.99. The van der Waals surface area contributed by atoms with Gasteiger partial charge in [-0.3, -0.25) is 0 Å². The van der Waals surface area contributed by atoms with Crippen LogP contribution in [0.2, 0.25) is 0 Å². The van der Waals surface area contributed by atoms with Crippen LogP contribution in [-0.2, 0) is 14.3 Å². The molecule has 1 heterocycles. The summed E-state index contributed by atoms with van der Waals surface area (Å²) in [5.41, 5.74) is 0.682. The Labute approximate surface area is 145 Å². The molecular weight excluding hydrogens is 336 g/mol. The number of ether oxygens (including phenoxy) is 2. The summed E-state index contributed by atoms with van der Waals surface area (Å²) < 4.78 is 10.0. The van der Waals surface area contributed by atoms with Gasteiger partial charge in [0.2, 0.25) is 6.29 Å². The molecule has 6 unspecified atom stereocenters. The van der Waals surface area contributed by atoms with E-state index in [1.54, 1.807) is 6.92 Å². The Hall–Kier alpha value is -1.33. The lowest BCUT2D eigenvalue weighted by Crippen LogP contribution is -2.59. The van der Waals surface area contributed by atoms with Crippen LogP contribution < -0.4 is 0 Å². The molecule has 0 aromatic rings. The van der Waals surface area contributed by atoms with Gasteiger partial charge in [-0.15, -0.1) is 0 Å². The normalized spacial score (nSPS) is 32.4. The van der Waals surface area contributed by atoms with Crippen LogP contribution in [0.1, 0.15) is 20.3 Å². The van der Waals surface area contributed by atoms with Crippen molar-refractivity contribution in [2.24, 2.45) is 0 Å². The first-order chi connectivity index (χ1) is 11.7. The Morgan fingerprint density at radius 2 is 1.76 bits per heavy atom. The number of aliphatic hydroxyl groups is 6. The zero-order valence-corrected chi connectivity index (χ0v) is 14.1. The summed E-state index contributed by atoms with van der Waals surface area (Å²) in [6, 6.07) is 0. The van der Waals surface area contributed by atoms with Crippen LogP contribution in [0.5, 0.6) is 0 Å². The Balaban J connectivity index is 2.67. The maximum absolute atomic E-state index is 12.0. The van der Waals surface area contributed by atoms with Gasteiger partial charge in [0, 0.05) is 5.57 Å². The van der Waals surface area contributed by atoms with Crippen molar-refractivity contribution >= 4 is 5.97 Å². The molecule has 1 fully saturated rings. The molecule has 25 heavy (non-hydrogen) atoms. The van der Waals surface area contributed by atoms with Crippen LogP contribution in [0.3, 0.4) is 0 Å². The third-order valence-electron chi connectivity index (χ3n) is 3.98. The average Bonchev–Trinajstić information content (AvgIpc) is 2.59. The van der Waals surface area contributed by atoms with Gasteiger partial charge in [0.1, 0.15) is 24.4 Å². The van der Waals surface area contributed by atoms with E-state index in [0.29, 0.717) is 5.57 Å². The molecular formula is C16H26O9. The lowest BCUT2D eigenvalue weighted by molar-refractivity contribution is -0.291. The van der Waals surface area contributed by atoms with E-state index in [1.165, 1.54) is 19.1 Å². The molecule has 6 N–H and O–H groups in total. The van der Waals surface area contributed by atoms with E-state index in [-0.39, 0.29) is 18.6 Å². The van der Waals surface area contributed by atoms with Crippen molar-refractivity contribution in [1.82, 2.24) is 0 Å². The maximum atomic E-state index is 12.0. The molecule has 0 aromatic carbocycles. The summed E-state index contributed by atoms with van der Waals surface area (Å²) in [7, 11) is 0. The first-order valence-electron chi connectivity index (χ1n) is 7.86. The number of hydrogen-bond acceptors (Lipinski definition) is 9. The summed E-state index contributed by atoms with van der Waals surface area (Å²) in [5, 5.41) is 56.8. The van der Waals surface area contributed by atoms with Crippen LogP contribution >= 0.6 is 0 Å². The molecule has 0 amide bonds. The highest BCUT2D eigenvalue weighted by Crippen LogP contribution is 2.22. The molecule has 0 spiro atoms. The first-order valence-corrected chi connectivity index (χ1v) is 7.86. The maximum Gasteiger partial charge on any atom is 0.335 e. The molecule has 1 rings (SSSR count). The highest BCUT2D eigenvalue weighted by atomic mass is 16.7. The second-order valence-corrected chi connectivity index (χ2v) is 5.87. The van der Waals surface area contributed by atoms with Gasteiger partial charge in [0.25, 0.3) is 0 Å². The summed E-state index contributed by atoms with van der Waals surface area (Å²) in [6.45, 7) is 2.24. The minimum Gasteiger partial charge on any atom is -0.429 e. The number of aliphatic hydroxyl groups excluding tert-OH is 6. The van der Waals surface area contributed by atoms with Gasteiger partial charge < -0.3 is 40.1 Å². The molecule has 0 aromatic heterocycles. The Morgan fingerprint density at radius 1 is 1.12 bits per heavy atom. The molecule has 1 aliphatic heterocycles. The van der Waals surface area contributed by atoms with E-state index in [4.69, 9.17) is 19.7 Å². The molecule has 144 valence electrons. The van der Waals surface area contributed by atoms with Crippen molar-refractivity contribution in [3.05, 3.63) is 23.3 Å². The van der Waals surface area contributed by atoms with Crippen LogP contribution in [-0.4, -0.2) is 86.6 Å². The van der Waals surface area contributed by atoms with Crippen molar-refractivity contribution in [2.75, 3.05) is 13.2 Å². The molecule has 6 atom stereocenters. The van der Waals surface area contributed by atoms with Crippen LogP contribution in [0.15, 0.2) is 23.3 Å². The molecule has 0 radical (unpaired) electrons. The standard InChI is InChI=1S/C16H26O9/c1-8(5-6-17)10(19)4-3-9(2)15(23)25-16-14(22)13(21)12(20)11(7-18)24-16/h3,5,10-14,16-22H,4,6-7H2,1-2H3. The van der Waals surface area contributed by atoms with Gasteiger partial charge in [0.05, 0.1) is 19.3 Å². The predicted molar refractivity (Wildman–Crippen MR) is 85.1 cm³/mol. The van der Waals surface area contributed by atoms with Gasteiger partial charge in [-0.2, -0.15) is 0 Å². The van der Waals surface area contributed by atoms with E-state index in [0.717, 1.165) is 0 Å². The number of esters is 1. The van der Waals surface area contributed by atoms with Crippen molar-refractivity contribution in [3.8, 4) is 0 Å². The molecule has 0 saturated carbocycles. The summed E-state index contributed by atoms with van der Waals surface area (Å²) in [6.07, 6.45) is -5.47. The van der Waals surface area contributed by atoms with Crippen LogP contribution in [0, 0.1) is 0 Å². The zero-order valence-electron chi connectivity index (χ0n) is 14.1. The predicted octanol–water partition coefficient (Wildman–Crippen LogP) is -2.03. The van der Waals surface area contributed by atoms with Crippen molar-refractivity contribution in [3.63, 3.8) is 0 Å². The Morgan fingerprint density at radius 3 is 2.32 bits per heavy atom. The largest absolute Gasteiger partial charge is 0.429 e. The minimum absolute atomic E-state index is 0.109. The van der Waals surface area contributed by atoms with Crippen LogP contribution in [0.25, 0.3) is 0 Å². The lowest BCUT2D eigenvalue weighted by Gasteiger charge is -2.39. The smallest absolute Gasteiger partial charge is 0.335 e. The average molecular weight is 362 g/mol. The van der Waals surface area contributed by atoms with E-state index in [2.05, 4.69) is 0 Å². The van der Waals surface area contributed by atoms with E-state index >= 15 is 0 Å². The number of carbonyl (C=O) groups excluding carboxylic acids is 1. The van der Waals surface area contributed by atoms with Crippen molar-refractivity contribution in [2.45, 2.75) is 57.1 Å². The Bertz CT molecular complexity index is 500. The van der Waals surface area contributed by atoms with E-state index < -0.39 is 49.4 Å². The monoisotopic (exact) mass is 362 g/mol. The van der Waals surface area contributed by atoms with Gasteiger partial charge >= 0.3 is 5.97 Å². The highest BCUT2D eigenvalue weighted by molar-refractivity contribution is 5.87. The van der Waals surface area contributed by atoms with Gasteiger partial charge in [-0.25, -0.2) is 4.79 Å². The SMILES string of the molecule is CC(=CCC(O)C(C)=CCO)C(=O)OC1OC(CO)C(O)C(O)C1O.